The molecule has 3 N–H and O–H groups in total. The highest BCUT2D eigenvalue weighted by molar-refractivity contribution is 5.87. The normalized spacial score (nSPS) is 14.0. The minimum atomic E-state index is 0.0212. The molecule has 2 aromatic carbocycles. The smallest absolute Gasteiger partial charge is 0.245 e. The molecular weight excluding hydrogens is 414 g/mol. The maximum Gasteiger partial charge on any atom is 0.245 e. The molecule has 0 aliphatic carbocycles. The number of ether oxygens (including phenoxy) is 1. The van der Waals surface area contributed by atoms with Crippen LogP contribution in [0.1, 0.15) is 19.3 Å². The molecule has 1 aliphatic heterocycles. The molecule has 33 heavy (non-hydrogen) atoms. The predicted molar refractivity (Wildman–Crippen MR) is 131 cm³/mol. The first kappa shape index (κ1) is 22.3. The van der Waals surface area contributed by atoms with Gasteiger partial charge in [-0.2, -0.15) is 0 Å². The van der Waals surface area contributed by atoms with Crippen LogP contribution in [-0.4, -0.2) is 40.4 Å². The lowest BCUT2D eigenvalue weighted by molar-refractivity contribution is -0.127. The van der Waals surface area contributed by atoms with Crippen molar-refractivity contribution in [3.63, 3.8) is 0 Å². The van der Waals surface area contributed by atoms with E-state index >= 15 is 0 Å². The van der Waals surface area contributed by atoms with E-state index in [1.165, 1.54) is 12.4 Å². The van der Waals surface area contributed by atoms with Gasteiger partial charge in [0, 0.05) is 19.6 Å². The molecule has 0 saturated carbocycles. The van der Waals surface area contributed by atoms with Gasteiger partial charge in [0.15, 0.2) is 0 Å². The Hall–Kier alpha value is -3.87. The van der Waals surface area contributed by atoms with E-state index in [1.54, 1.807) is 0 Å². The van der Waals surface area contributed by atoms with Crippen molar-refractivity contribution < 1.29 is 9.53 Å². The average molecular weight is 444 g/mol. The minimum absolute atomic E-state index is 0.0212. The Balaban J connectivity index is 1.37. The molecule has 0 atom stereocenters. The summed E-state index contributed by atoms with van der Waals surface area (Å²) in [7, 11) is 0. The second-order valence-electron chi connectivity index (χ2n) is 8.11. The molecule has 3 aromatic rings. The molecule has 4 rings (SSSR count). The number of nitrogens with one attached hydrogen (secondary N) is 1. The lowest BCUT2D eigenvalue weighted by Gasteiger charge is -2.31. The Bertz CT molecular complexity index is 1080. The molecule has 7 nitrogen and oxygen atoms in total. The van der Waals surface area contributed by atoms with E-state index in [0.29, 0.717) is 11.7 Å². The van der Waals surface area contributed by atoms with Crippen LogP contribution in [0, 0.1) is 5.92 Å². The summed E-state index contributed by atoms with van der Waals surface area (Å²) in [6.07, 6.45) is 5.88. The summed E-state index contributed by atoms with van der Waals surface area (Å²) in [6.45, 7) is 5.93. The first-order valence-electron chi connectivity index (χ1n) is 11.2. The highest BCUT2D eigenvalue weighted by Gasteiger charge is 2.21. The summed E-state index contributed by atoms with van der Waals surface area (Å²) >= 11 is 0. The van der Waals surface area contributed by atoms with E-state index in [-0.39, 0.29) is 5.91 Å². The van der Waals surface area contributed by atoms with Gasteiger partial charge in [-0.1, -0.05) is 36.9 Å². The number of nitrogens with zero attached hydrogens (tertiary/aromatic N) is 3. The van der Waals surface area contributed by atoms with Gasteiger partial charge in [0.25, 0.3) is 0 Å². The van der Waals surface area contributed by atoms with Gasteiger partial charge >= 0.3 is 0 Å². The third-order valence-corrected chi connectivity index (χ3v) is 5.94. The second-order valence-corrected chi connectivity index (χ2v) is 8.11. The number of para-hydroxylation sites is 1. The number of carbonyl (C=O) groups is 1. The minimum Gasteiger partial charge on any atom is -0.457 e. The number of hydrogen-bond acceptors (Lipinski definition) is 6. The average Bonchev–Trinajstić information content (AvgIpc) is 2.85. The van der Waals surface area contributed by atoms with Crippen molar-refractivity contribution >= 4 is 17.5 Å². The van der Waals surface area contributed by atoms with Crippen LogP contribution >= 0.6 is 0 Å². The monoisotopic (exact) mass is 443 g/mol. The van der Waals surface area contributed by atoms with Gasteiger partial charge in [-0.25, -0.2) is 9.97 Å². The fourth-order valence-corrected chi connectivity index (χ4v) is 4.10. The predicted octanol–water partition coefficient (Wildman–Crippen LogP) is 4.74. The van der Waals surface area contributed by atoms with Crippen LogP contribution in [0.4, 0.5) is 11.6 Å². The molecule has 1 amide bonds. The van der Waals surface area contributed by atoms with Crippen molar-refractivity contribution in [2.75, 3.05) is 30.7 Å². The number of aromatic nitrogens is 2. The summed E-state index contributed by atoms with van der Waals surface area (Å²) in [5, 5.41) is 3.44. The first-order valence-corrected chi connectivity index (χ1v) is 11.2. The van der Waals surface area contributed by atoms with E-state index in [9.17, 15) is 4.79 Å². The Morgan fingerprint density at radius 1 is 1.09 bits per heavy atom. The molecule has 170 valence electrons. The molecule has 0 unspecified atom stereocenters. The van der Waals surface area contributed by atoms with Crippen molar-refractivity contribution in [1.82, 2.24) is 14.9 Å². The third kappa shape index (κ3) is 5.68. The Morgan fingerprint density at radius 3 is 2.48 bits per heavy atom. The van der Waals surface area contributed by atoms with Crippen LogP contribution < -0.4 is 15.8 Å². The molecule has 1 aliphatic rings. The van der Waals surface area contributed by atoms with Gasteiger partial charge < -0.3 is 20.7 Å². The quantitative estimate of drug-likeness (QED) is 0.488. The van der Waals surface area contributed by atoms with Crippen LogP contribution in [0.25, 0.3) is 11.1 Å². The van der Waals surface area contributed by atoms with Crippen LogP contribution in [-0.2, 0) is 4.79 Å². The number of nitrogen functional groups attached to an aromatic ring is 1. The van der Waals surface area contributed by atoms with Crippen molar-refractivity contribution in [1.29, 1.82) is 0 Å². The van der Waals surface area contributed by atoms with Crippen LogP contribution in [0.2, 0.25) is 0 Å². The Kier molecular flexibility index (Phi) is 7.19. The summed E-state index contributed by atoms with van der Waals surface area (Å²) in [4.78, 5) is 22.2. The second kappa shape index (κ2) is 10.6. The largest absolute Gasteiger partial charge is 0.457 e. The highest BCUT2D eigenvalue weighted by atomic mass is 16.5. The zero-order chi connectivity index (χ0) is 23.0. The Labute approximate surface area is 194 Å². The van der Waals surface area contributed by atoms with Gasteiger partial charge in [0.05, 0.1) is 5.56 Å². The molecule has 1 fully saturated rings. The van der Waals surface area contributed by atoms with Gasteiger partial charge in [-0.3, -0.25) is 4.79 Å². The molecule has 0 spiro atoms. The maximum atomic E-state index is 11.8. The fraction of sp³-hybridized carbons (Fsp3) is 0.269. The van der Waals surface area contributed by atoms with E-state index in [4.69, 9.17) is 10.5 Å². The standard InChI is InChI=1S/C26H29N5O2/c1-2-23(32)31-16-13-19(14-17-31)12-15-28-26-24(25(27)29-18-30-26)20-8-10-22(11-9-20)33-21-6-4-3-5-7-21/h2-11,18-19H,1,12-17H2,(H3,27,28,29,30). The SMILES string of the molecule is C=CC(=O)N1CCC(CCNc2ncnc(N)c2-c2ccc(Oc3ccccc3)cc2)CC1. The fourth-order valence-electron chi connectivity index (χ4n) is 4.10. The lowest BCUT2D eigenvalue weighted by Crippen LogP contribution is -2.37. The summed E-state index contributed by atoms with van der Waals surface area (Å²) in [5.74, 6) is 3.28. The molecule has 1 aromatic heterocycles. The van der Waals surface area contributed by atoms with Crippen molar-refractivity contribution in [2.24, 2.45) is 5.92 Å². The maximum absolute atomic E-state index is 11.8. The van der Waals surface area contributed by atoms with Crippen LogP contribution in [0.3, 0.4) is 0 Å². The molecule has 0 radical (unpaired) electrons. The van der Waals surface area contributed by atoms with Gasteiger partial charge in [0.1, 0.15) is 29.5 Å². The van der Waals surface area contributed by atoms with Gasteiger partial charge in [-0.05, 0) is 61.1 Å². The molecule has 0 bridgehead atoms. The van der Waals surface area contributed by atoms with Crippen molar-refractivity contribution in [3.8, 4) is 22.6 Å². The zero-order valence-electron chi connectivity index (χ0n) is 18.6. The summed E-state index contributed by atoms with van der Waals surface area (Å²) in [5.41, 5.74) is 7.93. The molecule has 2 heterocycles. The number of hydrogen-bond donors (Lipinski definition) is 2. The van der Waals surface area contributed by atoms with Crippen LogP contribution in [0.5, 0.6) is 11.5 Å². The first-order chi connectivity index (χ1) is 16.1. The number of nitrogens with two attached hydrogens (primary N) is 1. The number of anilines is 2. The molecular formula is C26H29N5O2. The van der Waals surface area contributed by atoms with E-state index < -0.39 is 0 Å². The van der Waals surface area contributed by atoms with Crippen LogP contribution in [0.15, 0.2) is 73.6 Å². The van der Waals surface area contributed by atoms with Gasteiger partial charge in [-0.15, -0.1) is 0 Å². The zero-order valence-corrected chi connectivity index (χ0v) is 18.6. The number of piperidine rings is 1. The van der Waals surface area contributed by atoms with Crippen molar-refractivity contribution in [3.05, 3.63) is 73.6 Å². The topological polar surface area (TPSA) is 93.4 Å². The summed E-state index contributed by atoms with van der Waals surface area (Å²) in [6, 6.07) is 17.4. The van der Waals surface area contributed by atoms with Crippen molar-refractivity contribution in [2.45, 2.75) is 19.3 Å². The highest BCUT2D eigenvalue weighted by Crippen LogP contribution is 2.33. The number of likely N-dealkylation sites (tertiary alicyclic amines) is 1. The Morgan fingerprint density at radius 2 is 1.79 bits per heavy atom. The number of rotatable bonds is 8. The third-order valence-electron chi connectivity index (χ3n) is 5.94. The number of amides is 1. The molecule has 7 heteroatoms. The van der Waals surface area contributed by atoms with E-state index in [0.717, 1.165) is 67.3 Å². The summed E-state index contributed by atoms with van der Waals surface area (Å²) < 4.78 is 5.88. The number of benzene rings is 2. The van der Waals surface area contributed by atoms with E-state index in [1.807, 2.05) is 59.5 Å². The van der Waals surface area contributed by atoms with Gasteiger partial charge in [0.2, 0.25) is 5.91 Å². The van der Waals surface area contributed by atoms with E-state index in [2.05, 4.69) is 21.9 Å². The lowest BCUT2D eigenvalue weighted by atomic mass is 9.93. The number of carbonyl (C=O) groups excluding carboxylic acids is 1. The molecule has 1 saturated heterocycles.